The van der Waals surface area contributed by atoms with Crippen LogP contribution in [0.1, 0.15) is 23.6 Å². The van der Waals surface area contributed by atoms with Crippen LogP contribution in [0.5, 0.6) is 5.75 Å². The molecular weight excluding hydrogens is 292 g/mol. The minimum Gasteiger partial charge on any atom is -0.495 e. The quantitative estimate of drug-likeness (QED) is 0.766. The lowest BCUT2D eigenvalue weighted by Gasteiger charge is -2.19. The highest BCUT2D eigenvalue weighted by Gasteiger charge is 2.15. The van der Waals surface area contributed by atoms with Crippen molar-refractivity contribution in [3.05, 3.63) is 59.7 Å². The summed E-state index contributed by atoms with van der Waals surface area (Å²) >= 11 is 0. The Morgan fingerprint density at radius 3 is 2.61 bits per heavy atom. The number of ether oxygens (including phenoxy) is 1. The standard InChI is InChI=1S/C18H22N2O3/c1-13-8-9-16(17(12-13)23-2)20-18(22)19-15(10-11-21)14-6-4-3-5-7-14/h3-9,12,15,21H,10-11H2,1-2H3,(H2,19,20,22)/t15-/m1/s1. The van der Waals surface area contributed by atoms with E-state index in [1.54, 1.807) is 13.2 Å². The van der Waals surface area contributed by atoms with Crippen molar-refractivity contribution in [1.82, 2.24) is 5.32 Å². The average molecular weight is 314 g/mol. The van der Waals surface area contributed by atoms with E-state index in [1.807, 2.05) is 49.4 Å². The molecule has 2 rings (SSSR count). The lowest BCUT2D eigenvalue weighted by Crippen LogP contribution is -2.33. The Morgan fingerprint density at radius 1 is 1.22 bits per heavy atom. The van der Waals surface area contributed by atoms with Gasteiger partial charge in [0.25, 0.3) is 0 Å². The summed E-state index contributed by atoms with van der Waals surface area (Å²) in [5, 5.41) is 14.9. The number of aliphatic hydroxyl groups excluding tert-OH is 1. The normalized spacial score (nSPS) is 11.6. The first-order valence-corrected chi connectivity index (χ1v) is 7.52. The van der Waals surface area contributed by atoms with Gasteiger partial charge in [0.1, 0.15) is 5.75 Å². The van der Waals surface area contributed by atoms with Crippen molar-refractivity contribution in [3.63, 3.8) is 0 Å². The van der Waals surface area contributed by atoms with Gasteiger partial charge in [-0.15, -0.1) is 0 Å². The van der Waals surface area contributed by atoms with Gasteiger partial charge in [-0.3, -0.25) is 0 Å². The molecule has 2 aromatic rings. The van der Waals surface area contributed by atoms with E-state index in [9.17, 15) is 9.90 Å². The molecule has 5 nitrogen and oxygen atoms in total. The molecule has 0 radical (unpaired) electrons. The Hall–Kier alpha value is -2.53. The van der Waals surface area contributed by atoms with Crippen LogP contribution in [0.25, 0.3) is 0 Å². The second kappa shape index (κ2) is 8.19. The number of amides is 2. The molecule has 0 aromatic heterocycles. The van der Waals surface area contributed by atoms with Crippen molar-refractivity contribution in [2.75, 3.05) is 19.0 Å². The van der Waals surface area contributed by atoms with E-state index < -0.39 is 0 Å². The Morgan fingerprint density at radius 2 is 1.96 bits per heavy atom. The minimum atomic E-state index is -0.338. The fourth-order valence-electron chi connectivity index (χ4n) is 2.35. The van der Waals surface area contributed by atoms with Gasteiger partial charge in [-0.2, -0.15) is 0 Å². The van der Waals surface area contributed by atoms with Crippen molar-refractivity contribution in [2.45, 2.75) is 19.4 Å². The molecule has 5 heteroatoms. The molecule has 0 saturated heterocycles. The molecular formula is C18H22N2O3. The Kier molecular flexibility index (Phi) is 6.00. The number of carbonyl (C=O) groups excluding carboxylic acids is 1. The number of urea groups is 1. The van der Waals surface area contributed by atoms with Crippen molar-refractivity contribution < 1.29 is 14.6 Å². The molecule has 0 unspecified atom stereocenters. The van der Waals surface area contributed by atoms with Gasteiger partial charge in [0.05, 0.1) is 18.8 Å². The molecule has 2 aromatic carbocycles. The number of hydrogen-bond acceptors (Lipinski definition) is 3. The van der Waals surface area contributed by atoms with Gasteiger partial charge in [-0.25, -0.2) is 4.79 Å². The number of methoxy groups -OCH3 is 1. The first-order chi connectivity index (χ1) is 11.1. The molecule has 122 valence electrons. The molecule has 23 heavy (non-hydrogen) atoms. The molecule has 0 spiro atoms. The van der Waals surface area contributed by atoms with Crippen LogP contribution in [0, 0.1) is 6.92 Å². The summed E-state index contributed by atoms with van der Waals surface area (Å²) in [5.74, 6) is 0.610. The first kappa shape index (κ1) is 16.8. The molecule has 0 aliphatic heterocycles. The number of carbonyl (C=O) groups is 1. The SMILES string of the molecule is COc1cc(C)ccc1NC(=O)N[C@H](CCO)c1ccccc1. The van der Waals surface area contributed by atoms with Crippen LogP contribution in [-0.2, 0) is 0 Å². The summed E-state index contributed by atoms with van der Waals surface area (Å²) in [6, 6.07) is 14.5. The van der Waals surface area contributed by atoms with Crippen LogP contribution in [0.2, 0.25) is 0 Å². The second-order valence-electron chi connectivity index (χ2n) is 5.28. The number of benzene rings is 2. The van der Waals surface area contributed by atoms with Crippen molar-refractivity contribution in [1.29, 1.82) is 0 Å². The molecule has 0 bridgehead atoms. The third-order valence-corrected chi connectivity index (χ3v) is 3.53. The largest absolute Gasteiger partial charge is 0.495 e. The highest BCUT2D eigenvalue weighted by molar-refractivity contribution is 5.91. The van der Waals surface area contributed by atoms with Crippen LogP contribution < -0.4 is 15.4 Å². The molecule has 0 aliphatic carbocycles. The Balaban J connectivity index is 2.08. The number of aliphatic hydroxyl groups is 1. The van der Waals surface area contributed by atoms with Crippen LogP contribution in [0.4, 0.5) is 10.5 Å². The molecule has 0 heterocycles. The molecule has 1 atom stereocenters. The smallest absolute Gasteiger partial charge is 0.319 e. The third kappa shape index (κ3) is 4.72. The second-order valence-corrected chi connectivity index (χ2v) is 5.28. The van der Waals surface area contributed by atoms with Crippen LogP contribution in [0.15, 0.2) is 48.5 Å². The van der Waals surface area contributed by atoms with Crippen LogP contribution in [0.3, 0.4) is 0 Å². The summed E-state index contributed by atoms with van der Waals surface area (Å²) in [7, 11) is 1.57. The predicted octanol–water partition coefficient (Wildman–Crippen LogP) is 3.25. The molecule has 0 saturated carbocycles. The number of hydrogen-bond donors (Lipinski definition) is 3. The Labute approximate surface area is 136 Å². The number of anilines is 1. The number of nitrogens with one attached hydrogen (secondary N) is 2. The number of aryl methyl sites for hydroxylation is 1. The van der Waals surface area contributed by atoms with Gasteiger partial charge in [0.2, 0.25) is 0 Å². The van der Waals surface area contributed by atoms with E-state index in [-0.39, 0.29) is 18.7 Å². The maximum absolute atomic E-state index is 12.3. The average Bonchev–Trinajstić information content (AvgIpc) is 2.57. The summed E-state index contributed by atoms with van der Waals surface area (Å²) in [6.07, 6.45) is 0.447. The summed E-state index contributed by atoms with van der Waals surface area (Å²) in [6.45, 7) is 1.95. The monoisotopic (exact) mass is 314 g/mol. The van der Waals surface area contributed by atoms with Gasteiger partial charge < -0.3 is 20.5 Å². The lowest BCUT2D eigenvalue weighted by atomic mass is 10.0. The summed E-state index contributed by atoms with van der Waals surface area (Å²) in [5.41, 5.74) is 2.61. The van der Waals surface area contributed by atoms with E-state index in [0.717, 1.165) is 11.1 Å². The van der Waals surface area contributed by atoms with Crippen molar-refractivity contribution in [2.24, 2.45) is 0 Å². The third-order valence-electron chi connectivity index (χ3n) is 3.53. The Bertz CT molecular complexity index is 644. The first-order valence-electron chi connectivity index (χ1n) is 7.52. The molecule has 2 amide bonds. The predicted molar refractivity (Wildman–Crippen MR) is 90.8 cm³/mol. The van der Waals surface area contributed by atoms with Crippen LogP contribution in [-0.4, -0.2) is 24.9 Å². The highest BCUT2D eigenvalue weighted by Crippen LogP contribution is 2.25. The summed E-state index contributed by atoms with van der Waals surface area (Å²) < 4.78 is 5.28. The highest BCUT2D eigenvalue weighted by atomic mass is 16.5. The van der Waals surface area contributed by atoms with Crippen LogP contribution >= 0.6 is 0 Å². The van der Waals surface area contributed by atoms with E-state index in [0.29, 0.717) is 17.9 Å². The summed E-state index contributed by atoms with van der Waals surface area (Å²) in [4.78, 5) is 12.3. The maximum atomic E-state index is 12.3. The lowest BCUT2D eigenvalue weighted by molar-refractivity contribution is 0.239. The zero-order valence-corrected chi connectivity index (χ0v) is 13.4. The fraction of sp³-hybridized carbons (Fsp3) is 0.278. The minimum absolute atomic E-state index is 0.00626. The van der Waals surface area contributed by atoms with Gasteiger partial charge in [0.15, 0.2) is 0 Å². The zero-order valence-electron chi connectivity index (χ0n) is 13.4. The molecule has 3 N–H and O–H groups in total. The zero-order chi connectivity index (χ0) is 16.7. The van der Waals surface area contributed by atoms with Gasteiger partial charge in [-0.05, 0) is 36.6 Å². The topological polar surface area (TPSA) is 70.6 Å². The van der Waals surface area contributed by atoms with E-state index in [1.165, 1.54) is 0 Å². The van der Waals surface area contributed by atoms with Crippen molar-refractivity contribution >= 4 is 11.7 Å². The maximum Gasteiger partial charge on any atom is 0.319 e. The number of rotatable bonds is 6. The van der Waals surface area contributed by atoms with E-state index in [2.05, 4.69) is 10.6 Å². The molecule has 0 fully saturated rings. The van der Waals surface area contributed by atoms with Gasteiger partial charge >= 0.3 is 6.03 Å². The van der Waals surface area contributed by atoms with Gasteiger partial charge in [0, 0.05) is 6.61 Å². The van der Waals surface area contributed by atoms with Crippen molar-refractivity contribution in [3.8, 4) is 5.75 Å². The van der Waals surface area contributed by atoms with Gasteiger partial charge in [-0.1, -0.05) is 36.4 Å². The van der Waals surface area contributed by atoms with E-state index >= 15 is 0 Å². The molecule has 0 aliphatic rings. The fourth-order valence-corrected chi connectivity index (χ4v) is 2.35. The van der Waals surface area contributed by atoms with E-state index in [4.69, 9.17) is 4.74 Å².